The van der Waals surface area contributed by atoms with Crippen LogP contribution in [0.25, 0.3) is 0 Å². The molecule has 0 radical (unpaired) electrons. The van der Waals surface area contributed by atoms with Gasteiger partial charge in [0.1, 0.15) is 12.4 Å². The van der Waals surface area contributed by atoms with E-state index in [0.717, 1.165) is 16.9 Å². The number of hydrogen-bond acceptors (Lipinski definition) is 3. The minimum Gasteiger partial charge on any atom is -0.492 e. The third-order valence-corrected chi connectivity index (χ3v) is 5.40. The number of benzene rings is 2. The van der Waals surface area contributed by atoms with Crippen LogP contribution in [0.15, 0.2) is 54.6 Å². The number of carbonyl (C=O) groups is 2. The topological polar surface area (TPSA) is 66.8 Å². The Morgan fingerprint density at radius 2 is 1.73 bits per heavy atom. The Morgan fingerprint density at radius 3 is 2.50 bits per heavy atom. The van der Waals surface area contributed by atoms with E-state index < -0.39 is 11.9 Å². The second kappa shape index (κ2) is 6.83. The minimum atomic E-state index is -0.848. The Kier molecular flexibility index (Phi) is 4.37. The Morgan fingerprint density at radius 1 is 1.00 bits per heavy atom. The van der Waals surface area contributed by atoms with Gasteiger partial charge in [-0.2, -0.15) is 0 Å². The van der Waals surface area contributed by atoms with E-state index in [-0.39, 0.29) is 24.3 Å². The molecule has 134 valence electrons. The van der Waals surface area contributed by atoms with Gasteiger partial charge in [-0.25, -0.2) is 0 Å². The Labute approximate surface area is 152 Å². The SMILES string of the molecule is O=C(O)[C@@H]1CN(C(=O)C2COc3ccccc3C2)C[C@H]1c1ccccc1. The molecule has 5 heteroatoms. The zero-order valence-corrected chi connectivity index (χ0v) is 14.4. The monoisotopic (exact) mass is 351 g/mol. The Hall–Kier alpha value is -2.82. The number of fused-ring (bicyclic) bond motifs is 1. The normalized spacial score (nSPS) is 24.6. The molecule has 2 aliphatic rings. The number of likely N-dealkylation sites (tertiary alicyclic amines) is 1. The summed E-state index contributed by atoms with van der Waals surface area (Å²) in [7, 11) is 0. The molecule has 2 aromatic carbocycles. The molecule has 0 spiro atoms. The summed E-state index contributed by atoms with van der Waals surface area (Å²) in [4.78, 5) is 26.4. The summed E-state index contributed by atoms with van der Waals surface area (Å²) in [5.74, 6) is -1.02. The number of rotatable bonds is 3. The maximum atomic E-state index is 13.0. The van der Waals surface area contributed by atoms with E-state index in [1.807, 2.05) is 54.6 Å². The number of carboxylic acids is 1. The lowest BCUT2D eigenvalue weighted by atomic mass is 9.89. The van der Waals surface area contributed by atoms with Crippen molar-refractivity contribution >= 4 is 11.9 Å². The molecular formula is C21H21NO4. The fourth-order valence-corrected chi connectivity index (χ4v) is 4.02. The molecule has 1 saturated heterocycles. The average molecular weight is 351 g/mol. The Bertz CT molecular complexity index is 820. The fraction of sp³-hybridized carbons (Fsp3) is 0.333. The molecule has 26 heavy (non-hydrogen) atoms. The van der Waals surface area contributed by atoms with Crippen molar-refractivity contribution in [2.45, 2.75) is 12.3 Å². The number of carbonyl (C=O) groups excluding carboxylic acids is 1. The molecule has 0 bridgehead atoms. The Balaban J connectivity index is 1.51. The summed E-state index contributed by atoms with van der Waals surface area (Å²) < 4.78 is 5.74. The van der Waals surface area contributed by atoms with Gasteiger partial charge in [-0.15, -0.1) is 0 Å². The van der Waals surface area contributed by atoms with Gasteiger partial charge in [0.2, 0.25) is 5.91 Å². The summed E-state index contributed by atoms with van der Waals surface area (Å²) in [6.07, 6.45) is 0.638. The van der Waals surface area contributed by atoms with E-state index in [0.29, 0.717) is 19.6 Å². The molecule has 2 heterocycles. The predicted molar refractivity (Wildman–Crippen MR) is 96.0 cm³/mol. The first-order chi connectivity index (χ1) is 12.6. The highest BCUT2D eigenvalue weighted by atomic mass is 16.5. The second-order valence-corrected chi connectivity index (χ2v) is 7.02. The molecule has 2 aromatic rings. The van der Waals surface area contributed by atoms with Crippen LogP contribution in [0, 0.1) is 11.8 Å². The summed E-state index contributed by atoms with van der Waals surface area (Å²) >= 11 is 0. The summed E-state index contributed by atoms with van der Waals surface area (Å²) in [6, 6.07) is 17.4. The van der Waals surface area contributed by atoms with Crippen molar-refractivity contribution in [3.05, 3.63) is 65.7 Å². The van der Waals surface area contributed by atoms with Crippen LogP contribution >= 0.6 is 0 Å². The molecule has 1 amide bonds. The van der Waals surface area contributed by atoms with Crippen LogP contribution in [0.4, 0.5) is 0 Å². The number of hydrogen-bond donors (Lipinski definition) is 1. The number of carboxylic acid groups (broad SMARTS) is 1. The number of ether oxygens (including phenoxy) is 1. The predicted octanol–water partition coefficient (Wildman–Crippen LogP) is 2.56. The van der Waals surface area contributed by atoms with Crippen LogP contribution in [0.1, 0.15) is 17.0 Å². The van der Waals surface area contributed by atoms with E-state index in [9.17, 15) is 14.7 Å². The van der Waals surface area contributed by atoms with Gasteiger partial charge in [0.25, 0.3) is 0 Å². The molecule has 0 saturated carbocycles. The van der Waals surface area contributed by atoms with Crippen LogP contribution in [0.5, 0.6) is 5.75 Å². The zero-order chi connectivity index (χ0) is 18.1. The highest BCUT2D eigenvalue weighted by Crippen LogP contribution is 2.35. The van der Waals surface area contributed by atoms with E-state index in [4.69, 9.17) is 4.74 Å². The van der Waals surface area contributed by atoms with Crippen molar-refractivity contribution in [1.82, 2.24) is 4.90 Å². The molecule has 4 rings (SSSR count). The summed E-state index contributed by atoms with van der Waals surface area (Å²) in [6.45, 7) is 1.05. The first kappa shape index (κ1) is 16.6. The van der Waals surface area contributed by atoms with E-state index in [2.05, 4.69) is 0 Å². The van der Waals surface area contributed by atoms with E-state index in [1.165, 1.54) is 0 Å². The molecule has 1 fully saturated rings. The number of nitrogens with zero attached hydrogens (tertiary/aromatic N) is 1. The lowest BCUT2D eigenvalue weighted by Crippen LogP contribution is -2.40. The third-order valence-electron chi connectivity index (χ3n) is 5.40. The lowest BCUT2D eigenvalue weighted by molar-refractivity contribution is -0.142. The zero-order valence-electron chi connectivity index (χ0n) is 14.4. The smallest absolute Gasteiger partial charge is 0.308 e. The van der Waals surface area contributed by atoms with Crippen molar-refractivity contribution in [3.8, 4) is 5.75 Å². The number of para-hydroxylation sites is 1. The van der Waals surface area contributed by atoms with Gasteiger partial charge in [-0.05, 0) is 23.6 Å². The van der Waals surface area contributed by atoms with Crippen LogP contribution in [-0.2, 0) is 16.0 Å². The van der Waals surface area contributed by atoms with Gasteiger partial charge in [-0.1, -0.05) is 48.5 Å². The van der Waals surface area contributed by atoms with Crippen LogP contribution in [-0.4, -0.2) is 41.6 Å². The lowest BCUT2D eigenvalue weighted by Gasteiger charge is -2.28. The van der Waals surface area contributed by atoms with E-state index >= 15 is 0 Å². The maximum absolute atomic E-state index is 13.0. The molecule has 1 N–H and O–H groups in total. The standard InChI is InChI=1S/C21H21NO4/c23-20(16-10-15-8-4-5-9-19(15)26-13-16)22-11-17(18(12-22)21(24)25)14-6-2-1-3-7-14/h1-9,16-18H,10-13H2,(H,24,25)/t16?,17-,18+/m0/s1. The van der Waals surface area contributed by atoms with Crippen LogP contribution in [0.3, 0.4) is 0 Å². The van der Waals surface area contributed by atoms with Gasteiger partial charge in [0, 0.05) is 19.0 Å². The highest BCUT2D eigenvalue weighted by Gasteiger charge is 2.42. The van der Waals surface area contributed by atoms with Crippen LogP contribution < -0.4 is 4.74 Å². The summed E-state index contributed by atoms with van der Waals surface area (Å²) in [5.41, 5.74) is 2.01. The highest BCUT2D eigenvalue weighted by molar-refractivity contribution is 5.82. The van der Waals surface area contributed by atoms with Gasteiger partial charge in [0.05, 0.1) is 11.8 Å². The molecule has 1 unspecified atom stereocenters. The number of amides is 1. The van der Waals surface area contributed by atoms with Crippen molar-refractivity contribution in [2.24, 2.45) is 11.8 Å². The molecule has 5 nitrogen and oxygen atoms in total. The van der Waals surface area contributed by atoms with Gasteiger partial charge >= 0.3 is 5.97 Å². The maximum Gasteiger partial charge on any atom is 0.308 e. The number of aliphatic carboxylic acids is 1. The molecule has 3 atom stereocenters. The van der Waals surface area contributed by atoms with Crippen molar-refractivity contribution in [1.29, 1.82) is 0 Å². The molecular weight excluding hydrogens is 330 g/mol. The summed E-state index contributed by atoms with van der Waals surface area (Å²) in [5, 5.41) is 9.62. The van der Waals surface area contributed by atoms with Crippen molar-refractivity contribution in [3.63, 3.8) is 0 Å². The van der Waals surface area contributed by atoms with Crippen molar-refractivity contribution in [2.75, 3.05) is 19.7 Å². The van der Waals surface area contributed by atoms with Gasteiger partial charge in [-0.3, -0.25) is 9.59 Å². The first-order valence-corrected chi connectivity index (χ1v) is 8.90. The largest absolute Gasteiger partial charge is 0.492 e. The van der Waals surface area contributed by atoms with E-state index in [1.54, 1.807) is 4.90 Å². The third kappa shape index (κ3) is 3.05. The molecule has 0 aromatic heterocycles. The van der Waals surface area contributed by atoms with Gasteiger partial charge < -0.3 is 14.7 Å². The fourth-order valence-electron chi connectivity index (χ4n) is 4.02. The molecule has 0 aliphatic carbocycles. The second-order valence-electron chi connectivity index (χ2n) is 7.02. The van der Waals surface area contributed by atoms with Crippen molar-refractivity contribution < 1.29 is 19.4 Å². The van der Waals surface area contributed by atoms with Crippen LogP contribution in [0.2, 0.25) is 0 Å². The first-order valence-electron chi connectivity index (χ1n) is 8.90. The van der Waals surface area contributed by atoms with Gasteiger partial charge in [0.15, 0.2) is 0 Å². The average Bonchev–Trinajstić information content (AvgIpc) is 3.13. The minimum absolute atomic E-state index is 0.0100. The quantitative estimate of drug-likeness (QED) is 0.923. The molecule has 2 aliphatic heterocycles.